The Kier molecular flexibility index (Phi) is 11.2. The van der Waals surface area contributed by atoms with Crippen molar-refractivity contribution >= 4 is 23.9 Å². The van der Waals surface area contributed by atoms with E-state index < -0.39 is 58.4 Å². The van der Waals surface area contributed by atoms with Crippen LogP contribution in [-0.2, 0) is 29.3 Å². The molecule has 1 aromatic carbocycles. The number of likely N-dealkylation sites (N-methyl/N-ethyl adjacent to an activating group) is 2. The highest BCUT2D eigenvalue weighted by atomic mass is 16.6. The number of rotatable bonds is 9. The monoisotopic (exact) mass is 547 g/mol. The number of methoxy groups -OCH3 is 1. The maximum absolute atomic E-state index is 14.1. The first-order valence-corrected chi connectivity index (χ1v) is 13.3. The van der Waals surface area contributed by atoms with E-state index in [-0.39, 0.29) is 5.92 Å². The van der Waals surface area contributed by atoms with E-state index in [0.29, 0.717) is 0 Å². The van der Waals surface area contributed by atoms with Gasteiger partial charge in [0, 0.05) is 19.5 Å². The van der Waals surface area contributed by atoms with Crippen molar-refractivity contribution in [2.75, 3.05) is 21.2 Å². The van der Waals surface area contributed by atoms with Crippen LogP contribution in [0.3, 0.4) is 0 Å². The average molecular weight is 548 g/mol. The number of amides is 3. The summed E-state index contributed by atoms with van der Waals surface area (Å²) in [5.41, 5.74) is -1.51. The largest absolute Gasteiger partial charge is 0.467 e. The van der Waals surface area contributed by atoms with Crippen molar-refractivity contribution in [1.82, 2.24) is 15.1 Å². The molecule has 1 N–H and O–H groups in total. The molecule has 9 heteroatoms. The van der Waals surface area contributed by atoms with Gasteiger partial charge in [-0.25, -0.2) is 9.59 Å². The maximum atomic E-state index is 14.1. The van der Waals surface area contributed by atoms with Gasteiger partial charge in [0.25, 0.3) is 0 Å². The first-order valence-electron chi connectivity index (χ1n) is 13.3. The summed E-state index contributed by atoms with van der Waals surface area (Å²) in [7, 11) is 4.34. The summed E-state index contributed by atoms with van der Waals surface area (Å²) in [6, 6.07) is 6.55. The second-order valence-electron chi connectivity index (χ2n) is 13.1. The van der Waals surface area contributed by atoms with Gasteiger partial charge >= 0.3 is 12.1 Å². The van der Waals surface area contributed by atoms with Gasteiger partial charge in [0.1, 0.15) is 23.7 Å². The van der Waals surface area contributed by atoms with Gasteiger partial charge in [-0.2, -0.15) is 0 Å². The first-order chi connectivity index (χ1) is 17.7. The number of esters is 1. The van der Waals surface area contributed by atoms with Crippen molar-refractivity contribution in [3.05, 3.63) is 35.9 Å². The van der Waals surface area contributed by atoms with Gasteiger partial charge in [0.2, 0.25) is 11.8 Å². The fourth-order valence-electron chi connectivity index (χ4n) is 4.66. The van der Waals surface area contributed by atoms with Crippen molar-refractivity contribution in [2.45, 2.75) is 98.4 Å². The van der Waals surface area contributed by atoms with Crippen molar-refractivity contribution < 1.29 is 28.7 Å². The highest BCUT2D eigenvalue weighted by molar-refractivity contribution is 5.94. The first kappa shape index (κ1) is 33.9. The second-order valence-corrected chi connectivity index (χ2v) is 13.1. The molecule has 0 saturated carbocycles. The molecule has 1 aromatic rings. The molecule has 0 aliphatic rings. The van der Waals surface area contributed by atoms with Gasteiger partial charge in [-0.1, -0.05) is 78.8 Å². The molecule has 3 amide bonds. The molecule has 0 aliphatic carbocycles. The minimum absolute atomic E-state index is 0.217. The summed E-state index contributed by atoms with van der Waals surface area (Å²) < 4.78 is 10.5. The predicted molar refractivity (Wildman–Crippen MR) is 152 cm³/mol. The summed E-state index contributed by atoms with van der Waals surface area (Å²) in [4.78, 5) is 56.3. The third kappa shape index (κ3) is 8.70. The minimum atomic E-state index is -1.03. The number of ether oxygens (including phenoxy) is 2. The lowest BCUT2D eigenvalue weighted by atomic mass is 9.76. The molecule has 9 nitrogen and oxygen atoms in total. The molecule has 0 spiro atoms. The highest BCUT2D eigenvalue weighted by Gasteiger charge is 2.46. The molecule has 0 bridgehead atoms. The smallest absolute Gasteiger partial charge is 0.410 e. The third-order valence-electron chi connectivity index (χ3n) is 6.76. The highest BCUT2D eigenvalue weighted by Crippen LogP contribution is 2.32. The van der Waals surface area contributed by atoms with E-state index in [9.17, 15) is 19.2 Å². The van der Waals surface area contributed by atoms with Crippen molar-refractivity contribution in [1.29, 1.82) is 0 Å². The zero-order valence-corrected chi connectivity index (χ0v) is 26.0. The molecular formula is C30H49N3O6. The summed E-state index contributed by atoms with van der Waals surface area (Å²) >= 11 is 0. The Hall–Kier alpha value is -3.10. The van der Waals surface area contributed by atoms with Gasteiger partial charge in [-0.15, -0.1) is 0 Å². The van der Waals surface area contributed by atoms with Crippen molar-refractivity contribution in [3.63, 3.8) is 0 Å². The molecule has 0 heterocycles. The quantitative estimate of drug-likeness (QED) is 0.460. The number of benzene rings is 1. The molecule has 3 atom stereocenters. The van der Waals surface area contributed by atoms with Crippen LogP contribution in [-0.4, -0.2) is 78.6 Å². The Bertz CT molecular complexity index is 1010. The SMILES string of the molecule is COC(=O)[C@H](C(C)C)N(C)C(=O)C(NC(=O)[C@H](N(C)C(=O)OC(C)(C)C)C(C)(C)c1ccccc1)C(C)(C)C. The number of hydrogen-bond acceptors (Lipinski definition) is 6. The van der Waals surface area contributed by atoms with Crippen molar-refractivity contribution in [3.8, 4) is 0 Å². The van der Waals surface area contributed by atoms with Crippen LogP contribution in [0.1, 0.15) is 74.8 Å². The Morgan fingerprint density at radius 2 is 1.36 bits per heavy atom. The molecule has 220 valence electrons. The van der Waals surface area contributed by atoms with Gasteiger partial charge in [0.05, 0.1) is 7.11 Å². The minimum Gasteiger partial charge on any atom is -0.467 e. The fourth-order valence-corrected chi connectivity index (χ4v) is 4.66. The lowest BCUT2D eigenvalue weighted by molar-refractivity contribution is -0.156. The van der Waals surface area contributed by atoms with E-state index >= 15 is 0 Å². The Labute approximate surface area is 234 Å². The van der Waals surface area contributed by atoms with E-state index in [1.807, 2.05) is 78.8 Å². The van der Waals surface area contributed by atoms with E-state index in [0.717, 1.165) is 5.56 Å². The Balaban J connectivity index is 3.56. The number of carbonyl (C=O) groups excluding carboxylic acids is 4. The summed E-state index contributed by atoms with van der Waals surface area (Å²) in [6.07, 6.45) is -0.659. The Morgan fingerprint density at radius 1 is 0.846 bits per heavy atom. The summed E-state index contributed by atoms with van der Waals surface area (Å²) in [5.74, 6) is -1.70. The van der Waals surface area contributed by atoms with Gasteiger partial charge in [-0.3, -0.25) is 14.5 Å². The van der Waals surface area contributed by atoms with Crippen LogP contribution in [0.25, 0.3) is 0 Å². The van der Waals surface area contributed by atoms with Crippen LogP contribution >= 0.6 is 0 Å². The van der Waals surface area contributed by atoms with Crippen LogP contribution in [0.15, 0.2) is 30.3 Å². The van der Waals surface area contributed by atoms with Crippen LogP contribution in [0.5, 0.6) is 0 Å². The molecule has 39 heavy (non-hydrogen) atoms. The van der Waals surface area contributed by atoms with Gasteiger partial charge < -0.3 is 19.7 Å². The van der Waals surface area contributed by atoms with Crippen LogP contribution < -0.4 is 5.32 Å². The lowest BCUT2D eigenvalue weighted by Crippen LogP contribution is -2.63. The zero-order chi connectivity index (χ0) is 30.5. The number of carbonyl (C=O) groups is 4. The summed E-state index contributed by atoms with van der Waals surface area (Å²) in [5, 5.41) is 2.93. The van der Waals surface area contributed by atoms with E-state index in [2.05, 4.69) is 5.32 Å². The summed E-state index contributed by atoms with van der Waals surface area (Å²) in [6.45, 7) is 18.2. The molecular weight excluding hydrogens is 498 g/mol. The topological polar surface area (TPSA) is 105 Å². The second kappa shape index (κ2) is 12.8. The normalized spacial score (nSPS) is 14.6. The van der Waals surface area contributed by atoms with E-state index in [1.165, 1.54) is 31.0 Å². The standard InChI is InChI=1S/C30H49N3O6/c1-19(2)21(26(36)38-13)32(11)25(35)22(28(3,4)5)31-24(34)23(33(12)27(37)39-29(6,7)8)30(9,10)20-17-15-14-16-18-20/h14-19,21-23H,1-13H3,(H,31,34)/t21-,22?,23-/m0/s1. The predicted octanol–water partition coefficient (Wildman–Crippen LogP) is 4.39. The molecule has 0 radical (unpaired) electrons. The van der Waals surface area contributed by atoms with Gasteiger partial charge in [-0.05, 0) is 37.7 Å². The molecule has 1 rings (SSSR count). The maximum Gasteiger partial charge on any atom is 0.410 e. The fraction of sp³-hybridized carbons (Fsp3) is 0.667. The third-order valence-corrected chi connectivity index (χ3v) is 6.76. The van der Waals surface area contributed by atoms with Crippen molar-refractivity contribution in [2.24, 2.45) is 11.3 Å². The zero-order valence-electron chi connectivity index (χ0n) is 26.0. The van der Waals surface area contributed by atoms with Crippen LogP contribution in [0.4, 0.5) is 4.79 Å². The molecule has 0 aromatic heterocycles. The molecule has 0 aliphatic heterocycles. The Morgan fingerprint density at radius 3 is 1.77 bits per heavy atom. The van der Waals surface area contributed by atoms with Gasteiger partial charge in [0.15, 0.2) is 0 Å². The molecule has 1 unspecified atom stereocenters. The van der Waals surface area contributed by atoms with Crippen LogP contribution in [0.2, 0.25) is 0 Å². The average Bonchev–Trinajstić information content (AvgIpc) is 2.80. The van der Waals surface area contributed by atoms with E-state index in [4.69, 9.17) is 9.47 Å². The lowest BCUT2D eigenvalue weighted by Gasteiger charge is -2.42. The number of nitrogens with one attached hydrogen (secondary N) is 1. The van der Waals surface area contributed by atoms with E-state index in [1.54, 1.807) is 20.8 Å². The number of hydrogen-bond donors (Lipinski definition) is 1. The van der Waals surface area contributed by atoms with Crippen LogP contribution in [0, 0.1) is 11.3 Å². The number of nitrogens with zero attached hydrogens (tertiary/aromatic N) is 2. The molecule has 0 saturated heterocycles. The molecule has 0 fully saturated rings.